The van der Waals surface area contributed by atoms with Gasteiger partial charge in [0.15, 0.2) is 0 Å². The van der Waals surface area contributed by atoms with Crippen molar-refractivity contribution < 1.29 is 18.7 Å². The molecular weight excluding hydrogens is 448 g/mol. The Hall–Kier alpha value is -3.16. The first-order valence-electron chi connectivity index (χ1n) is 12.0. The van der Waals surface area contributed by atoms with Crippen LogP contribution < -0.4 is 10.6 Å². The molecule has 7 heteroatoms. The third-order valence-corrected chi connectivity index (χ3v) is 6.47. The Bertz CT molecular complexity index is 1160. The maximum atomic E-state index is 13.6. The number of benzene rings is 2. The van der Waals surface area contributed by atoms with Crippen molar-refractivity contribution in [3.8, 4) is 11.3 Å². The van der Waals surface area contributed by atoms with E-state index in [0.29, 0.717) is 5.56 Å². The smallest absolute Gasteiger partial charge is 0.217 e. The summed E-state index contributed by atoms with van der Waals surface area (Å²) in [6.45, 7) is 3.59. The molecule has 1 heterocycles. The molecule has 184 valence electrons. The van der Waals surface area contributed by atoms with Crippen LogP contribution in [0.2, 0.25) is 0 Å². The Morgan fingerprint density at radius 1 is 1.14 bits per heavy atom. The number of nitrogens with one attached hydrogen (secondary N) is 2. The van der Waals surface area contributed by atoms with Gasteiger partial charge in [-0.05, 0) is 79.1 Å². The standard InChI is InChI=1S/C28H31F2N3O2/c1-17-6-9-25(31-15-17)21-8-7-20-4-3-5-26(24(20)13-21)32-16-28(35)27(33-18(2)34)12-19-10-22(29)14-23(30)11-19/h6-11,13-15,26-28,32,35H,3-5,12,16H2,1-2H3,(H,33,34)/t26-,27-,28+/m0/s1. The Balaban J connectivity index is 1.48. The zero-order valence-electron chi connectivity index (χ0n) is 20.0. The lowest BCUT2D eigenvalue weighted by molar-refractivity contribution is -0.120. The van der Waals surface area contributed by atoms with Crippen LogP contribution >= 0.6 is 0 Å². The van der Waals surface area contributed by atoms with E-state index in [9.17, 15) is 18.7 Å². The van der Waals surface area contributed by atoms with Crippen LogP contribution in [-0.2, 0) is 17.6 Å². The van der Waals surface area contributed by atoms with Crippen molar-refractivity contribution >= 4 is 5.91 Å². The van der Waals surface area contributed by atoms with Crippen LogP contribution in [0.5, 0.6) is 0 Å². The van der Waals surface area contributed by atoms with Gasteiger partial charge in [0, 0.05) is 37.3 Å². The van der Waals surface area contributed by atoms with Gasteiger partial charge in [-0.2, -0.15) is 0 Å². The molecule has 0 spiro atoms. The molecule has 0 saturated carbocycles. The summed E-state index contributed by atoms with van der Waals surface area (Å²) >= 11 is 0. The fourth-order valence-corrected chi connectivity index (χ4v) is 4.74. The highest BCUT2D eigenvalue weighted by Crippen LogP contribution is 2.33. The van der Waals surface area contributed by atoms with Crippen LogP contribution in [0.25, 0.3) is 11.3 Å². The summed E-state index contributed by atoms with van der Waals surface area (Å²) in [7, 11) is 0. The summed E-state index contributed by atoms with van der Waals surface area (Å²) in [6.07, 6.45) is 3.97. The average molecular weight is 480 g/mol. The van der Waals surface area contributed by atoms with Gasteiger partial charge in [-0.15, -0.1) is 0 Å². The second-order valence-electron chi connectivity index (χ2n) is 9.34. The number of aliphatic hydroxyl groups is 1. The van der Waals surface area contributed by atoms with Crippen molar-refractivity contribution in [1.29, 1.82) is 0 Å². The SMILES string of the molecule is CC(=O)N[C@@H](Cc1cc(F)cc(F)c1)[C@H](O)CN[C@H]1CCCc2ccc(-c3ccc(C)cn3)cc21. The molecule has 3 aromatic rings. The van der Waals surface area contributed by atoms with Crippen LogP contribution in [0.15, 0.2) is 54.7 Å². The number of amides is 1. The average Bonchev–Trinajstić information content (AvgIpc) is 2.81. The van der Waals surface area contributed by atoms with E-state index >= 15 is 0 Å². The lowest BCUT2D eigenvalue weighted by Crippen LogP contribution is -2.48. The number of carbonyl (C=O) groups excluding carboxylic acids is 1. The number of hydrogen-bond acceptors (Lipinski definition) is 4. The largest absolute Gasteiger partial charge is 0.390 e. The molecule has 3 atom stereocenters. The second kappa shape index (κ2) is 11.1. The van der Waals surface area contributed by atoms with E-state index in [0.717, 1.165) is 42.1 Å². The van der Waals surface area contributed by atoms with E-state index in [1.54, 1.807) is 0 Å². The summed E-state index contributed by atoms with van der Waals surface area (Å²) in [5, 5.41) is 17.1. The zero-order chi connectivity index (χ0) is 24.9. The molecular formula is C28H31F2N3O2. The van der Waals surface area contributed by atoms with E-state index in [4.69, 9.17) is 0 Å². The minimum atomic E-state index is -0.947. The maximum absolute atomic E-state index is 13.6. The van der Waals surface area contributed by atoms with Gasteiger partial charge in [0.25, 0.3) is 0 Å². The summed E-state index contributed by atoms with van der Waals surface area (Å²) in [5.74, 6) is -1.69. The fourth-order valence-electron chi connectivity index (χ4n) is 4.74. The Labute approximate surface area is 204 Å². The number of halogens is 2. The van der Waals surface area contributed by atoms with Crippen molar-refractivity contribution in [2.45, 2.75) is 57.7 Å². The number of rotatable bonds is 8. The summed E-state index contributed by atoms with van der Waals surface area (Å²) in [6, 6.07) is 13.1. The minimum Gasteiger partial charge on any atom is -0.390 e. The van der Waals surface area contributed by atoms with E-state index < -0.39 is 23.8 Å². The molecule has 5 nitrogen and oxygen atoms in total. The number of hydrogen-bond donors (Lipinski definition) is 3. The number of carbonyl (C=O) groups is 1. The van der Waals surface area contributed by atoms with Crippen LogP contribution in [0.4, 0.5) is 8.78 Å². The molecule has 1 aliphatic rings. The quantitative estimate of drug-likeness (QED) is 0.448. The Kier molecular flexibility index (Phi) is 7.88. The van der Waals surface area contributed by atoms with Crippen molar-refractivity contribution in [2.24, 2.45) is 0 Å². The van der Waals surface area contributed by atoms with Crippen molar-refractivity contribution in [3.05, 3.63) is 88.6 Å². The Morgan fingerprint density at radius 3 is 2.60 bits per heavy atom. The number of aromatic nitrogens is 1. The summed E-state index contributed by atoms with van der Waals surface area (Å²) in [4.78, 5) is 16.3. The molecule has 0 fully saturated rings. The Morgan fingerprint density at radius 2 is 1.91 bits per heavy atom. The van der Waals surface area contributed by atoms with Gasteiger partial charge in [0.05, 0.1) is 17.8 Å². The maximum Gasteiger partial charge on any atom is 0.217 e. The highest BCUT2D eigenvalue weighted by molar-refractivity contribution is 5.73. The molecule has 1 aromatic heterocycles. The first-order chi connectivity index (χ1) is 16.8. The normalized spacial score (nSPS) is 16.9. The van der Waals surface area contributed by atoms with E-state index in [2.05, 4.69) is 33.8 Å². The molecule has 0 unspecified atom stereocenters. The predicted molar refractivity (Wildman–Crippen MR) is 132 cm³/mol. The van der Waals surface area contributed by atoms with Crippen LogP contribution in [0, 0.1) is 18.6 Å². The minimum absolute atomic E-state index is 0.0448. The molecule has 0 aliphatic heterocycles. The number of pyridine rings is 1. The van der Waals surface area contributed by atoms with Crippen LogP contribution in [0.1, 0.15) is 48.1 Å². The topological polar surface area (TPSA) is 74.2 Å². The number of aliphatic hydroxyl groups excluding tert-OH is 1. The second-order valence-corrected chi connectivity index (χ2v) is 9.34. The third-order valence-electron chi connectivity index (χ3n) is 6.47. The monoisotopic (exact) mass is 479 g/mol. The van der Waals surface area contributed by atoms with Gasteiger partial charge < -0.3 is 15.7 Å². The van der Waals surface area contributed by atoms with Crippen LogP contribution in [0.3, 0.4) is 0 Å². The van der Waals surface area contributed by atoms with Crippen LogP contribution in [-0.4, -0.2) is 34.7 Å². The van der Waals surface area contributed by atoms with Gasteiger partial charge in [-0.1, -0.05) is 18.2 Å². The third kappa shape index (κ3) is 6.50. The molecule has 3 N–H and O–H groups in total. The van der Waals surface area contributed by atoms with Crippen molar-refractivity contribution in [1.82, 2.24) is 15.6 Å². The lowest BCUT2D eigenvalue weighted by atomic mass is 9.86. The van der Waals surface area contributed by atoms with Gasteiger partial charge in [0.1, 0.15) is 11.6 Å². The summed E-state index contributed by atoms with van der Waals surface area (Å²) in [5.41, 5.74) is 5.89. The first kappa shape index (κ1) is 24.9. The molecule has 1 aliphatic carbocycles. The number of fused-ring (bicyclic) bond motifs is 1. The lowest BCUT2D eigenvalue weighted by Gasteiger charge is -2.30. The molecule has 0 bridgehead atoms. The van der Waals surface area contributed by atoms with E-state index in [1.807, 2.05) is 25.3 Å². The van der Waals surface area contributed by atoms with Gasteiger partial charge >= 0.3 is 0 Å². The van der Waals surface area contributed by atoms with Gasteiger partial charge in [-0.25, -0.2) is 8.78 Å². The first-order valence-corrected chi connectivity index (χ1v) is 12.0. The van der Waals surface area contributed by atoms with Gasteiger partial charge in [0.2, 0.25) is 5.91 Å². The van der Waals surface area contributed by atoms with Crippen molar-refractivity contribution in [2.75, 3.05) is 6.54 Å². The molecule has 4 rings (SSSR count). The molecule has 0 saturated heterocycles. The predicted octanol–water partition coefficient (Wildman–Crippen LogP) is 4.41. The molecule has 35 heavy (non-hydrogen) atoms. The molecule has 2 aromatic carbocycles. The van der Waals surface area contributed by atoms with Gasteiger partial charge in [-0.3, -0.25) is 9.78 Å². The van der Waals surface area contributed by atoms with Crippen molar-refractivity contribution in [3.63, 3.8) is 0 Å². The van der Waals surface area contributed by atoms with E-state index in [1.165, 1.54) is 30.2 Å². The number of nitrogens with zero attached hydrogens (tertiary/aromatic N) is 1. The number of aryl methyl sites for hydroxylation is 2. The molecule has 1 amide bonds. The zero-order valence-corrected chi connectivity index (χ0v) is 20.0. The summed E-state index contributed by atoms with van der Waals surface area (Å²) < 4.78 is 27.3. The fraction of sp³-hybridized carbons (Fsp3) is 0.357. The molecule has 0 radical (unpaired) electrons. The highest BCUT2D eigenvalue weighted by atomic mass is 19.1. The van der Waals surface area contributed by atoms with E-state index in [-0.39, 0.29) is 24.9 Å². The highest BCUT2D eigenvalue weighted by Gasteiger charge is 2.25.